The molecule has 4 heterocycles. The molecule has 146 valence electrons. The van der Waals surface area contributed by atoms with E-state index in [1.807, 2.05) is 30.8 Å². The first-order valence-electron chi connectivity index (χ1n) is 10.2. The molecule has 2 fully saturated rings. The van der Waals surface area contributed by atoms with Crippen LogP contribution in [0.3, 0.4) is 0 Å². The molecule has 2 unspecified atom stereocenters. The summed E-state index contributed by atoms with van der Waals surface area (Å²) in [4.78, 5) is 11.6. The van der Waals surface area contributed by atoms with Crippen LogP contribution in [-0.4, -0.2) is 29.1 Å². The Morgan fingerprint density at radius 1 is 1.25 bits per heavy atom. The number of hydrogen-bond acceptors (Lipinski definition) is 6. The van der Waals surface area contributed by atoms with Gasteiger partial charge in [-0.25, -0.2) is 4.98 Å². The Hall–Kier alpha value is -2.60. The number of furan rings is 1. The molecular weight excluding hydrogens is 350 g/mol. The van der Waals surface area contributed by atoms with Crippen molar-refractivity contribution in [3.05, 3.63) is 48.1 Å². The number of anilines is 2. The van der Waals surface area contributed by atoms with Gasteiger partial charge in [0.1, 0.15) is 5.52 Å². The number of nitrogens with zero attached hydrogens (tertiary/aromatic N) is 3. The Kier molecular flexibility index (Phi) is 4.43. The highest BCUT2D eigenvalue weighted by molar-refractivity contribution is 5.78. The molecule has 2 aliphatic rings. The van der Waals surface area contributed by atoms with Gasteiger partial charge in [-0.15, -0.1) is 0 Å². The fraction of sp³-hybridized carbons (Fsp3) is 0.455. The molecular formula is C22H27N5O. The minimum Gasteiger partial charge on any atom is -0.462 e. The number of piperidine rings is 1. The number of aromatic nitrogens is 2. The highest BCUT2D eigenvalue weighted by Gasteiger charge is 2.28. The van der Waals surface area contributed by atoms with Crippen LogP contribution in [0.5, 0.6) is 0 Å². The average molecular weight is 377 g/mol. The summed E-state index contributed by atoms with van der Waals surface area (Å²) in [6, 6.07) is 6.35. The second kappa shape index (κ2) is 7.09. The summed E-state index contributed by atoms with van der Waals surface area (Å²) < 4.78 is 5.68. The van der Waals surface area contributed by atoms with Gasteiger partial charge < -0.3 is 20.4 Å². The first kappa shape index (κ1) is 17.5. The molecule has 0 spiro atoms. The Morgan fingerprint density at radius 3 is 2.96 bits per heavy atom. The summed E-state index contributed by atoms with van der Waals surface area (Å²) in [5.74, 6) is 1.22. The van der Waals surface area contributed by atoms with Crippen LogP contribution < -0.4 is 16.0 Å². The zero-order valence-electron chi connectivity index (χ0n) is 16.3. The van der Waals surface area contributed by atoms with Crippen LogP contribution >= 0.6 is 0 Å². The molecule has 1 saturated heterocycles. The molecule has 2 atom stereocenters. The molecule has 0 amide bonds. The van der Waals surface area contributed by atoms with Crippen LogP contribution in [0.4, 0.5) is 11.4 Å². The van der Waals surface area contributed by atoms with Gasteiger partial charge in [0.2, 0.25) is 0 Å². The summed E-state index contributed by atoms with van der Waals surface area (Å²) in [5.41, 5.74) is 12.6. The maximum atomic E-state index is 6.26. The lowest BCUT2D eigenvalue weighted by Crippen LogP contribution is -2.46. The fourth-order valence-corrected chi connectivity index (χ4v) is 4.34. The number of nitrogens with one attached hydrogen (secondary N) is 1. The third-order valence-electron chi connectivity index (χ3n) is 5.81. The molecule has 1 saturated carbocycles. The van der Waals surface area contributed by atoms with Crippen molar-refractivity contribution in [3.8, 4) is 0 Å². The van der Waals surface area contributed by atoms with Crippen LogP contribution in [0, 0.1) is 5.92 Å². The first-order chi connectivity index (χ1) is 13.7. The van der Waals surface area contributed by atoms with E-state index < -0.39 is 0 Å². The SMILES string of the molecule is CC1CC(N)CN(c2ccncc2NCc2ccc3occ(C4CC4)c3n2)C1. The number of pyridine rings is 2. The van der Waals surface area contributed by atoms with E-state index in [0.717, 1.165) is 42.0 Å². The van der Waals surface area contributed by atoms with Crippen molar-refractivity contribution in [2.45, 2.75) is 44.7 Å². The van der Waals surface area contributed by atoms with Gasteiger partial charge in [-0.3, -0.25) is 4.98 Å². The molecule has 1 aliphatic carbocycles. The molecule has 3 aromatic rings. The van der Waals surface area contributed by atoms with Crippen molar-refractivity contribution in [2.75, 3.05) is 23.3 Å². The van der Waals surface area contributed by atoms with E-state index in [4.69, 9.17) is 15.1 Å². The zero-order chi connectivity index (χ0) is 19.1. The van der Waals surface area contributed by atoms with E-state index in [1.165, 1.54) is 24.1 Å². The molecule has 28 heavy (non-hydrogen) atoms. The molecule has 0 radical (unpaired) electrons. The average Bonchev–Trinajstić information content (AvgIpc) is 3.45. The van der Waals surface area contributed by atoms with Gasteiger partial charge in [-0.05, 0) is 49.3 Å². The van der Waals surface area contributed by atoms with Crippen molar-refractivity contribution in [2.24, 2.45) is 11.7 Å². The minimum atomic E-state index is 0.218. The summed E-state index contributed by atoms with van der Waals surface area (Å²) in [7, 11) is 0. The lowest BCUT2D eigenvalue weighted by atomic mass is 9.96. The molecule has 6 heteroatoms. The third-order valence-corrected chi connectivity index (χ3v) is 5.81. The molecule has 0 aromatic carbocycles. The normalized spacial score (nSPS) is 22.6. The Morgan fingerprint density at radius 2 is 2.14 bits per heavy atom. The van der Waals surface area contributed by atoms with E-state index in [2.05, 4.69) is 28.2 Å². The van der Waals surface area contributed by atoms with Gasteiger partial charge in [-0.1, -0.05) is 6.92 Å². The third kappa shape index (κ3) is 3.44. The molecule has 0 bridgehead atoms. The van der Waals surface area contributed by atoms with Crippen LogP contribution in [0.1, 0.15) is 43.4 Å². The monoisotopic (exact) mass is 377 g/mol. The van der Waals surface area contributed by atoms with Gasteiger partial charge in [0.05, 0.1) is 36.1 Å². The second-order valence-corrected chi connectivity index (χ2v) is 8.37. The maximum Gasteiger partial charge on any atom is 0.152 e. The van der Waals surface area contributed by atoms with Crippen molar-refractivity contribution in [1.82, 2.24) is 9.97 Å². The minimum absolute atomic E-state index is 0.218. The van der Waals surface area contributed by atoms with E-state index in [1.54, 1.807) is 0 Å². The molecule has 3 aromatic heterocycles. The van der Waals surface area contributed by atoms with Gasteiger partial charge in [0.15, 0.2) is 5.58 Å². The van der Waals surface area contributed by atoms with Gasteiger partial charge in [-0.2, -0.15) is 0 Å². The molecule has 3 N–H and O–H groups in total. The van der Waals surface area contributed by atoms with Crippen LogP contribution in [-0.2, 0) is 6.54 Å². The van der Waals surface area contributed by atoms with E-state index in [0.29, 0.717) is 18.4 Å². The lowest BCUT2D eigenvalue weighted by Gasteiger charge is -2.37. The topological polar surface area (TPSA) is 80.2 Å². The summed E-state index contributed by atoms with van der Waals surface area (Å²) in [5, 5.41) is 3.54. The summed E-state index contributed by atoms with van der Waals surface area (Å²) in [6.07, 6.45) is 9.20. The first-order valence-corrected chi connectivity index (χ1v) is 10.2. The highest BCUT2D eigenvalue weighted by Crippen LogP contribution is 2.43. The second-order valence-electron chi connectivity index (χ2n) is 8.37. The van der Waals surface area contributed by atoms with E-state index in [9.17, 15) is 0 Å². The largest absolute Gasteiger partial charge is 0.462 e. The zero-order valence-corrected chi connectivity index (χ0v) is 16.3. The lowest BCUT2D eigenvalue weighted by molar-refractivity contribution is 0.402. The van der Waals surface area contributed by atoms with Gasteiger partial charge in [0.25, 0.3) is 0 Å². The van der Waals surface area contributed by atoms with Gasteiger partial charge >= 0.3 is 0 Å². The predicted molar refractivity (Wildman–Crippen MR) is 112 cm³/mol. The van der Waals surface area contributed by atoms with Crippen molar-refractivity contribution in [1.29, 1.82) is 0 Å². The van der Waals surface area contributed by atoms with Crippen LogP contribution in [0.25, 0.3) is 11.1 Å². The number of hydrogen-bond donors (Lipinski definition) is 2. The molecule has 1 aliphatic heterocycles. The van der Waals surface area contributed by atoms with Crippen LogP contribution in [0.15, 0.2) is 41.3 Å². The van der Waals surface area contributed by atoms with Crippen molar-refractivity contribution in [3.63, 3.8) is 0 Å². The van der Waals surface area contributed by atoms with Gasteiger partial charge in [0, 0.05) is 30.9 Å². The highest BCUT2D eigenvalue weighted by atomic mass is 16.3. The maximum absolute atomic E-state index is 6.26. The molecule has 6 nitrogen and oxygen atoms in total. The Labute approximate surface area is 165 Å². The predicted octanol–water partition coefficient (Wildman–Crippen LogP) is 3.89. The summed E-state index contributed by atoms with van der Waals surface area (Å²) >= 11 is 0. The Bertz CT molecular complexity index is 970. The van der Waals surface area contributed by atoms with E-state index >= 15 is 0 Å². The molecule has 5 rings (SSSR count). The fourth-order valence-electron chi connectivity index (χ4n) is 4.34. The van der Waals surface area contributed by atoms with Crippen LogP contribution in [0.2, 0.25) is 0 Å². The quantitative estimate of drug-likeness (QED) is 0.702. The number of rotatable bonds is 5. The summed E-state index contributed by atoms with van der Waals surface area (Å²) in [6.45, 7) is 4.82. The smallest absolute Gasteiger partial charge is 0.152 e. The van der Waals surface area contributed by atoms with Crippen molar-refractivity contribution < 1.29 is 4.42 Å². The van der Waals surface area contributed by atoms with E-state index in [-0.39, 0.29) is 6.04 Å². The number of fused-ring (bicyclic) bond motifs is 1. The number of nitrogens with two attached hydrogens (primary N) is 1. The Balaban J connectivity index is 1.36. The standard InChI is InChI=1S/C22H27N5O/c1-14-8-16(23)12-27(11-14)20-6-7-24-10-19(20)25-9-17-4-5-21-22(26-17)18(13-28-21)15-2-3-15/h4-7,10,13-16,25H,2-3,8-9,11-12,23H2,1H3. The van der Waals surface area contributed by atoms with Crippen molar-refractivity contribution >= 4 is 22.5 Å².